The maximum atomic E-state index is 5.68. The number of hydrogen-bond acceptors (Lipinski definition) is 5. The third-order valence-corrected chi connectivity index (χ3v) is 4.66. The molecule has 2 unspecified atom stereocenters. The Kier molecular flexibility index (Phi) is 9.62. The van der Waals surface area contributed by atoms with E-state index in [2.05, 4.69) is 32.3 Å². The standard InChI is InChI=1S/C17H30N6O2.HI/c1-2-16-22-21-13-23(16)8-7-18-17(19-11-14-5-3-9-24-14)20-12-15-6-4-10-25-15;/h13-15H,2-12H2,1H3,(H2,18,19,20);1H. The van der Waals surface area contributed by atoms with E-state index in [1.165, 1.54) is 0 Å². The average molecular weight is 478 g/mol. The Morgan fingerprint density at radius 2 is 2.00 bits per heavy atom. The molecule has 1 aromatic heterocycles. The van der Waals surface area contributed by atoms with E-state index in [0.29, 0.717) is 12.6 Å². The van der Waals surface area contributed by atoms with Crippen molar-refractivity contribution in [3.8, 4) is 0 Å². The van der Waals surface area contributed by atoms with E-state index in [1.54, 1.807) is 6.33 Å². The zero-order chi connectivity index (χ0) is 17.3. The number of nitrogens with zero attached hydrogens (tertiary/aromatic N) is 4. The highest BCUT2D eigenvalue weighted by atomic mass is 127. The molecule has 0 spiro atoms. The van der Waals surface area contributed by atoms with Gasteiger partial charge in [-0.25, -0.2) is 0 Å². The summed E-state index contributed by atoms with van der Waals surface area (Å²) in [5, 5.41) is 14.9. The smallest absolute Gasteiger partial charge is 0.191 e. The van der Waals surface area contributed by atoms with Gasteiger partial charge in [0.05, 0.1) is 18.8 Å². The lowest BCUT2D eigenvalue weighted by atomic mass is 10.2. The number of halogens is 1. The van der Waals surface area contributed by atoms with Gasteiger partial charge in [0.25, 0.3) is 0 Å². The lowest BCUT2D eigenvalue weighted by molar-refractivity contribution is 0.113. The van der Waals surface area contributed by atoms with Crippen molar-refractivity contribution in [3.63, 3.8) is 0 Å². The van der Waals surface area contributed by atoms with Crippen molar-refractivity contribution in [2.75, 3.05) is 32.8 Å². The molecule has 2 fully saturated rings. The molecule has 26 heavy (non-hydrogen) atoms. The van der Waals surface area contributed by atoms with Gasteiger partial charge in [-0.1, -0.05) is 6.92 Å². The Labute approximate surface area is 172 Å². The van der Waals surface area contributed by atoms with Crippen molar-refractivity contribution in [2.45, 2.75) is 57.8 Å². The average Bonchev–Trinajstić information content (AvgIpc) is 3.39. The van der Waals surface area contributed by atoms with Crippen molar-refractivity contribution in [2.24, 2.45) is 4.99 Å². The van der Waals surface area contributed by atoms with E-state index in [0.717, 1.165) is 76.7 Å². The van der Waals surface area contributed by atoms with Crippen LogP contribution in [0.4, 0.5) is 0 Å². The first kappa shape index (κ1) is 21.4. The summed E-state index contributed by atoms with van der Waals surface area (Å²) in [5.74, 6) is 1.84. The van der Waals surface area contributed by atoms with Gasteiger partial charge in [-0.3, -0.25) is 4.99 Å². The van der Waals surface area contributed by atoms with Crippen molar-refractivity contribution in [1.82, 2.24) is 25.4 Å². The van der Waals surface area contributed by atoms with E-state index in [1.807, 2.05) is 0 Å². The van der Waals surface area contributed by atoms with Gasteiger partial charge in [-0.15, -0.1) is 34.2 Å². The number of nitrogens with one attached hydrogen (secondary N) is 2. The molecule has 8 nitrogen and oxygen atoms in total. The molecule has 0 aromatic carbocycles. The van der Waals surface area contributed by atoms with Gasteiger partial charge in [-0.2, -0.15) is 0 Å². The summed E-state index contributed by atoms with van der Waals surface area (Å²) >= 11 is 0. The summed E-state index contributed by atoms with van der Waals surface area (Å²) in [4.78, 5) is 4.70. The lowest BCUT2D eigenvalue weighted by Gasteiger charge is -2.17. The van der Waals surface area contributed by atoms with Crippen LogP contribution in [-0.4, -0.2) is 65.8 Å². The molecule has 0 saturated carbocycles. The van der Waals surface area contributed by atoms with E-state index in [-0.39, 0.29) is 30.1 Å². The van der Waals surface area contributed by atoms with E-state index in [4.69, 9.17) is 14.5 Å². The molecule has 9 heteroatoms. The maximum Gasteiger partial charge on any atom is 0.191 e. The normalized spacial score (nSPS) is 23.0. The molecule has 2 atom stereocenters. The fourth-order valence-electron chi connectivity index (χ4n) is 3.21. The number of rotatable bonds is 8. The maximum absolute atomic E-state index is 5.68. The predicted octanol–water partition coefficient (Wildman–Crippen LogP) is 1.35. The summed E-state index contributed by atoms with van der Waals surface area (Å²) in [6.07, 6.45) is 7.72. The SMILES string of the molecule is CCc1nncn1CCNC(=NCC1CCCO1)NCC1CCCO1.I. The molecule has 2 aliphatic heterocycles. The molecule has 2 saturated heterocycles. The van der Waals surface area contributed by atoms with Gasteiger partial charge in [0, 0.05) is 39.3 Å². The summed E-state index contributed by atoms with van der Waals surface area (Å²) in [6.45, 7) is 6.91. The molecule has 2 N–H and O–H groups in total. The van der Waals surface area contributed by atoms with Crippen LogP contribution in [0, 0.1) is 0 Å². The summed E-state index contributed by atoms with van der Waals surface area (Å²) < 4.78 is 13.4. The molecule has 148 valence electrons. The molecule has 3 rings (SSSR count). The number of ether oxygens (including phenoxy) is 2. The summed E-state index contributed by atoms with van der Waals surface area (Å²) in [6, 6.07) is 0. The van der Waals surface area contributed by atoms with Gasteiger partial charge in [-0.05, 0) is 25.7 Å². The molecule has 0 bridgehead atoms. The van der Waals surface area contributed by atoms with Crippen LogP contribution in [0.1, 0.15) is 38.4 Å². The zero-order valence-corrected chi connectivity index (χ0v) is 17.9. The topological polar surface area (TPSA) is 85.6 Å². The molecular formula is C17H31IN6O2. The van der Waals surface area contributed by atoms with Crippen LogP contribution in [-0.2, 0) is 22.4 Å². The molecule has 0 aliphatic carbocycles. The fourth-order valence-corrected chi connectivity index (χ4v) is 3.21. The van der Waals surface area contributed by atoms with E-state index < -0.39 is 0 Å². The number of guanidine groups is 1. The summed E-state index contributed by atoms with van der Waals surface area (Å²) in [7, 11) is 0. The van der Waals surface area contributed by atoms with Crippen molar-refractivity contribution >= 4 is 29.9 Å². The molecular weight excluding hydrogens is 447 g/mol. The highest BCUT2D eigenvalue weighted by Gasteiger charge is 2.17. The Hall–Kier alpha value is -0.940. The van der Waals surface area contributed by atoms with E-state index >= 15 is 0 Å². The molecule has 0 radical (unpaired) electrons. The van der Waals surface area contributed by atoms with Crippen LogP contribution >= 0.6 is 24.0 Å². The highest BCUT2D eigenvalue weighted by molar-refractivity contribution is 14.0. The largest absolute Gasteiger partial charge is 0.376 e. The number of hydrogen-bond donors (Lipinski definition) is 2. The van der Waals surface area contributed by atoms with Crippen molar-refractivity contribution in [1.29, 1.82) is 0 Å². The Balaban J connectivity index is 0.00000243. The van der Waals surface area contributed by atoms with Crippen LogP contribution in [0.2, 0.25) is 0 Å². The number of aromatic nitrogens is 3. The molecule has 0 amide bonds. The second-order valence-electron chi connectivity index (χ2n) is 6.56. The van der Waals surface area contributed by atoms with Crippen LogP contribution in [0.15, 0.2) is 11.3 Å². The van der Waals surface area contributed by atoms with Gasteiger partial charge >= 0.3 is 0 Å². The second-order valence-corrected chi connectivity index (χ2v) is 6.56. The number of aryl methyl sites for hydroxylation is 1. The lowest BCUT2D eigenvalue weighted by Crippen LogP contribution is -2.42. The van der Waals surface area contributed by atoms with Crippen LogP contribution in [0.25, 0.3) is 0 Å². The Morgan fingerprint density at radius 3 is 2.69 bits per heavy atom. The third-order valence-electron chi connectivity index (χ3n) is 4.66. The van der Waals surface area contributed by atoms with Gasteiger partial charge in [0.15, 0.2) is 5.96 Å². The minimum Gasteiger partial charge on any atom is -0.376 e. The minimum atomic E-state index is 0. The van der Waals surface area contributed by atoms with E-state index in [9.17, 15) is 0 Å². The first-order valence-corrected chi connectivity index (χ1v) is 9.47. The quantitative estimate of drug-likeness (QED) is 0.334. The number of aliphatic imine (C=N–C) groups is 1. The Bertz CT molecular complexity index is 541. The van der Waals surface area contributed by atoms with Crippen LogP contribution in [0.5, 0.6) is 0 Å². The first-order chi connectivity index (χ1) is 12.3. The monoisotopic (exact) mass is 478 g/mol. The highest BCUT2D eigenvalue weighted by Crippen LogP contribution is 2.12. The van der Waals surface area contributed by atoms with Crippen molar-refractivity contribution in [3.05, 3.63) is 12.2 Å². The molecule has 3 heterocycles. The molecule has 1 aromatic rings. The van der Waals surface area contributed by atoms with Gasteiger partial charge in [0.1, 0.15) is 12.2 Å². The summed E-state index contributed by atoms with van der Waals surface area (Å²) in [5.41, 5.74) is 0. The predicted molar refractivity (Wildman–Crippen MR) is 111 cm³/mol. The zero-order valence-electron chi connectivity index (χ0n) is 15.5. The Morgan fingerprint density at radius 1 is 1.23 bits per heavy atom. The van der Waals surface area contributed by atoms with Crippen LogP contribution < -0.4 is 10.6 Å². The molecule has 2 aliphatic rings. The van der Waals surface area contributed by atoms with Gasteiger partial charge in [0.2, 0.25) is 0 Å². The van der Waals surface area contributed by atoms with Crippen LogP contribution in [0.3, 0.4) is 0 Å². The van der Waals surface area contributed by atoms with Crippen molar-refractivity contribution < 1.29 is 9.47 Å². The first-order valence-electron chi connectivity index (χ1n) is 9.47. The minimum absolute atomic E-state index is 0. The second kappa shape index (κ2) is 11.7. The fraction of sp³-hybridized carbons (Fsp3) is 0.824. The third kappa shape index (κ3) is 6.66. The van der Waals surface area contributed by atoms with Gasteiger partial charge < -0.3 is 24.7 Å².